The Bertz CT molecular complexity index is 1540. The number of rotatable bonds is 8. The summed E-state index contributed by atoms with van der Waals surface area (Å²) in [6.45, 7) is 4.75. The molecule has 40 heavy (non-hydrogen) atoms. The van der Waals surface area contributed by atoms with Crippen molar-refractivity contribution in [1.82, 2.24) is 34.4 Å². The second-order valence-electron chi connectivity index (χ2n) is 9.92. The fraction of sp³-hybridized carbons (Fsp3) is 0.370. The molecule has 1 aliphatic heterocycles. The summed E-state index contributed by atoms with van der Waals surface area (Å²) in [6.07, 6.45) is 4.69. The van der Waals surface area contributed by atoms with Gasteiger partial charge in [-0.3, -0.25) is 14.3 Å². The third-order valence-corrected chi connectivity index (χ3v) is 7.13. The quantitative estimate of drug-likeness (QED) is 0.325. The number of amides is 1. The van der Waals surface area contributed by atoms with E-state index in [1.807, 2.05) is 11.6 Å². The molecule has 1 atom stereocenters. The number of likely N-dealkylation sites (tertiary alicyclic amines) is 1. The summed E-state index contributed by atoms with van der Waals surface area (Å²) >= 11 is 0. The van der Waals surface area contributed by atoms with E-state index < -0.39 is 18.0 Å². The van der Waals surface area contributed by atoms with Crippen LogP contribution in [0.25, 0.3) is 22.3 Å². The van der Waals surface area contributed by atoms with E-state index in [1.54, 1.807) is 17.0 Å². The van der Waals surface area contributed by atoms with Crippen molar-refractivity contribution in [2.45, 2.75) is 44.9 Å². The van der Waals surface area contributed by atoms with Gasteiger partial charge in [-0.1, -0.05) is 11.8 Å². The number of pyridine rings is 1. The van der Waals surface area contributed by atoms with E-state index in [1.165, 1.54) is 19.1 Å². The van der Waals surface area contributed by atoms with E-state index in [9.17, 15) is 23.1 Å². The summed E-state index contributed by atoms with van der Waals surface area (Å²) in [6, 6.07) is 5.71. The SMILES string of the molecule is C=CC(=O)N1CCC(n2nnc(-c3cc(OCC(C)(O)c4ccc(F)cn4)c4c(c3)ncn4C(F)F)c2C)CC1. The third-order valence-electron chi connectivity index (χ3n) is 7.13. The van der Waals surface area contributed by atoms with Crippen LogP contribution in [0.1, 0.15) is 43.7 Å². The minimum atomic E-state index is -2.88. The molecule has 210 valence electrons. The molecule has 1 amide bonds. The van der Waals surface area contributed by atoms with Crippen LogP contribution in [0, 0.1) is 12.7 Å². The van der Waals surface area contributed by atoms with Crippen LogP contribution >= 0.6 is 0 Å². The summed E-state index contributed by atoms with van der Waals surface area (Å²) in [5.74, 6) is -0.611. The first-order valence-electron chi connectivity index (χ1n) is 12.7. The molecular formula is C27H28F3N7O3. The topological polar surface area (TPSA) is 111 Å². The lowest BCUT2D eigenvalue weighted by Crippen LogP contribution is -2.38. The number of hydrogen-bond donors (Lipinski definition) is 1. The van der Waals surface area contributed by atoms with Gasteiger partial charge in [-0.15, -0.1) is 5.10 Å². The minimum absolute atomic E-state index is 0.0333. The second kappa shape index (κ2) is 10.7. The first kappa shape index (κ1) is 27.3. The van der Waals surface area contributed by atoms with E-state index in [-0.39, 0.29) is 41.0 Å². The third kappa shape index (κ3) is 5.16. The highest BCUT2D eigenvalue weighted by molar-refractivity contribution is 5.88. The summed E-state index contributed by atoms with van der Waals surface area (Å²) in [5, 5.41) is 19.7. The molecule has 4 heterocycles. The molecule has 1 fully saturated rings. The van der Waals surface area contributed by atoms with Gasteiger partial charge in [0.15, 0.2) is 0 Å². The van der Waals surface area contributed by atoms with Crippen LogP contribution in [0.4, 0.5) is 13.2 Å². The Balaban J connectivity index is 1.46. The zero-order valence-electron chi connectivity index (χ0n) is 22.0. The lowest BCUT2D eigenvalue weighted by Gasteiger charge is -2.31. The van der Waals surface area contributed by atoms with Crippen molar-refractivity contribution in [3.8, 4) is 17.0 Å². The van der Waals surface area contributed by atoms with Gasteiger partial charge < -0.3 is 14.7 Å². The number of alkyl halides is 2. The Morgan fingerprint density at radius 1 is 1.27 bits per heavy atom. The molecular weight excluding hydrogens is 527 g/mol. The highest BCUT2D eigenvalue weighted by atomic mass is 19.3. The van der Waals surface area contributed by atoms with Crippen LogP contribution in [0.3, 0.4) is 0 Å². The van der Waals surface area contributed by atoms with Gasteiger partial charge in [-0.05, 0) is 57.0 Å². The number of carbonyl (C=O) groups is 1. The summed E-state index contributed by atoms with van der Waals surface area (Å²) in [4.78, 5) is 21.7. The molecule has 5 rings (SSSR count). The lowest BCUT2D eigenvalue weighted by atomic mass is 10.0. The molecule has 13 heteroatoms. The number of ether oxygens (including phenoxy) is 1. The zero-order valence-corrected chi connectivity index (χ0v) is 22.0. The predicted molar refractivity (Wildman–Crippen MR) is 139 cm³/mol. The van der Waals surface area contributed by atoms with Crippen molar-refractivity contribution in [2.24, 2.45) is 0 Å². The fourth-order valence-corrected chi connectivity index (χ4v) is 4.93. The molecule has 1 saturated heterocycles. The first-order chi connectivity index (χ1) is 19.1. The summed E-state index contributed by atoms with van der Waals surface area (Å²) < 4.78 is 49.3. The molecule has 0 saturated carbocycles. The standard InChI is InChI=1S/C27H28F3N7O3/c1-4-23(38)35-9-7-19(8-10-35)37-16(2)24(33-34-37)17-11-20-25(36(15-32-20)26(29)30)21(12-17)40-14-27(3,39)22-6-5-18(28)13-31-22/h4-6,11-13,15,19,26,39H,1,7-10,14H2,2-3H3. The number of hydrogen-bond acceptors (Lipinski definition) is 7. The number of carbonyl (C=O) groups excluding carboxylic acids is 1. The van der Waals surface area contributed by atoms with Crippen molar-refractivity contribution in [2.75, 3.05) is 19.7 Å². The maximum Gasteiger partial charge on any atom is 0.320 e. The number of benzene rings is 1. The summed E-state index contributed by atoms with van der Waals surface area (Å²) in [5.41, 5.74) is 0.632. The number of piperidine rings is 1. The molecule has 0 aliphatic carbocycles. The average molecular weight is 556 g/mol. The zero-order chi connectivity index (χ0) is 28.6. The van der Waals surface area contributed by atoms with Gasteiger partial charge in [-0.25, -0.2) is 14.1 Å². The lowest BCUT2D eigenvalue weighted by molar-refractivity contribution is -0.127. The smallest absolute Gasteiger partial charge is 0.320 e. The molecule has 1 aromatic carbocycles. The van der Waals surface area contributed by atoms with Gasteiger partial charge in [0.2, 0.25) is 5.91 Å². The Kier molecular flexibility index (Phi) is 7.32. The van der Waals surface area contributed by atoms with E-state index in [0.717, 1.165) is 24.3 Å². The van der Waals surface area contributed by atoms with Gasteiger partial charge in [0, 0.05) is 18.7 Å². The summed E-state index contributed by atoms with van der Waals surface area (Å²) in [7, 11) is 0. The number of nitrogens with zero attached hydrogens (tertiary/aromatic N) is 7. The van der Waals surface area contributed by atoms with Crippen molar-refractivity contribution >= 4 is 16.9 Å². The average Bonchev–Trinajstić information content (AvgIpc) is 3.55. The predicted octanol–water partition coefficient (Wildman–Crippen LogP) is 4.17. The fourth-order valence-electron chi connectivity index (χ4n) is 4.93. The molecule has 3 aromatic heterocycles. The Morgan fingerprint density at radius 2 is 2.02 bits per heavy atom. The largest absolute Gasteiger partial charge is 0.488 e. The molecule has 0 bridgehead atoms. The van der Waals surface area contributed by atoms with E-state index >= 15 is 0 Å². The number of imidazole rings is 1. The molecule has 0 spiro atoms. The van der Waals surface area contributed by atoms with Gasteiger partial charge >= 0.3 is 6.55 Å². The highest BCUT2D eigenvalue weighted by Gasteiger charge is 2.29. The number of aliphatic hydroxyl groups is 1. The van der Waals surface area contributed by atoms with Crippen LogP contribution in [0.2, 0.25) is 0 Å². The maximum atomic E-state index is 13.8. The van der Waals surface area contributed by atoms with Crippen LogP contribution in [-0.4, -0.2) is 65.1 Å². The number of halogens is 3. The van der Waals surface area contributed by atoms with Crippen LogP contribution < -0.4 is 4.74 Å². The first-order valence-corrected chi connectivity index (χ1v) is 12.7. The van der Waals surface area contributed by atoms with E-state index in [0.29, 0.717) is 41.8 Å². The van der Waals surface area contributed by atoms with Crippen molar-refractivity contribution in [1.29, 1.82) is 0 Å². The molecule has 1 unspecified atom stereocenters. The van der Waals surface area contributed by atoms with Gasteiger partial charge in [0.05, 0.1) is 29.1 Å². The van der Waals surface area contributed by atoms with Gasteiger partial charge in [0.1, 0.15) is 41.3 Å². The number of fused-ring (bicyclic) bond motifs is 1. The molecule has 1 aliphatic rings. The minimum Gasteiger partial charge on any atom is -0.488 e. The van der Waals surface area contributed by atoms with Crippen molar-refractivity contribution in [3.63, 3.8) is 0 Å². The van der Waals surface area contributed by atoms with Crippen LogP contribution in [-0.2, 0) is 10.4 Å². The van der Waals surface area contributed by atoms with E-state index in [2.05, 4.69) is 26.9 Å². The maximum absolute atomic E-state index is 13.8. The van der Waals surface area contributed by atoms with E-state index in [4.69, 9.17) is 4.74 Å². The molecule has 10 nitrogen and oxygen atoms in total. The normalized spacial score (nSPS) is 15.9. The van der Waals surface area contributed by atoms with Gasteiger partial charge in [0.25, 0.3) is 0 Å². The molecule has 0 radical (unpaired) electrons. The second-order valence-corrected chi connectivity index (χ2v) is 9.92. The number of aromatic nitrogens is 6. The van der Waals surface area contributed by atoms with Crippen LogP contribution in [0.5, 0.6) is 5.75 Å². The Hall–Kier alpha value is -4.26. The van der Waals surface area contributed by atoms with Crippen molar-refractivity contribution in [3.05, 3.63) is 66.6 Å². The highest BCUT2D eigenvalue weighted by Crippen LogP contribution is 2.36. The Morgan fingerprint density at radius 3 is 2.67 bits per heavy atom. The monoisotopic (exact) mass is 555 g/mol. The molecule has 1 N–H and O–H groups in total. The van der Waals surface area contributed by atoms with Crippen LogP contribution in [0.15, 0.2) is 49.4 Å². The van der Waals surface area contributed by atoms with Gasteiger partial charge in [-0.2, -0.15) is 8.78 Å². The van der Waals surface area contributed by atoms with Crippen molar-refractivity contribution < 1.29 is 27.8 Å². The Labute approximate surface area is 227 Å². The molecule has 4 aromatic rings.